The number of rotatable bonds is 5. The van der Waals surface area contributed by atoms with Crippen LogP contribution in [0.2, 0.25) is 0 Å². The van der Waals surface area contributed by atoms with E-state index in [4.69, 9.17) is 5.11 Å². The first-order valence-corrected chi connectivity index (χ1v) is 6.41. The van der Waals surface area contributed by atoms with E-state index in [-0.39, 0.29) is 11.8 Å². The maximum absolute atomic E-state index is 11.9. The second kappa shape index (κ2) is 5.49. The van der Waals surface area contributed by atoms with Crippen molar-refractivity contribution in [2.45, 2.75) is 38.1 Å². The van der Waals surface area contributed by atoms with Gasteiger partial charge in [0.2, 0.25) is 5.91 Å². The predicted molar refractivity (Wildman–Crippen MR) is 62.6 cm³/mol. The van der Waals surface area contributed by atoms with Gasteiger partial charge in [-0.25, -0.2) is 0 Å². The van der Waals surface area contributed by atoms with Crippen LogP contribution in [-0.2, 0) is 9.59 Å². The molecule has 0 aromatic rings. The molecule has 96 valence electrons. The average Bonchev–Trinajstić information content (AvgIpc) is 3.13. The number of aliphatic carboxylic acids is 1. The Hall–Kier alpha value is -1.10. The highest BCUT2D eigenvalue weighted by atomic mass is 16.4. The fourth-order valence-electron chi connectivity index (χ4n) is 2.23. The lowest BCUT2D eigenvalue weighted by Crippen LogP contribution is -2.43. The van der Waals surface area contributed by atoms with Crippen LogP contribution < -0.4 is 5.32 Å². The lowest BCUT2D eigenvalue weighted by molar-refractivity contribution is -0.145. The SMILES string of the molecule is O=C(O)[C@H]1CCCN(C(=O)CCNC2CC2)C1. The Balaban J connectivity index is 1.71. The van der Waals surface area contributed by atoms with Crippen LogP contribution in [0.5, 0.6) is 0 Å². The van der Waals surface area contributed by atoms with E-state index in [9.17, 15) is 9.59 Å². The number of hydrogen-bond acceptors (Lipinski definition) is 3. The Bertz CT molecular complexity index is 302. The maximum Gasteiger partial charge on any atom is 0.308 e. The molecule has 2 aliphatic rings. The minimum Gasteiger partial charge on any atom is -0.481 e. The highest BCUT2D eigenvalue weighted by molar-refractivity contribution is 5.78. The zero-order valence-corrected chi connectivity index (χ0v) is 10.0. The number of piperidine rings is 1. The number of carbonyl (C=O) groups excluding carboxylic acids is 1. The molecule has 0 bridgehead atoms. The van der Waals surface area contributed by atoms with Gasteiger partial charge >= 0.3 is 5.97 Å². The van der Waals surface area contributed by atoms with Crippen LogP contribution in [0, 0.1) is 5.92 Å². The molecule has 2 fully saturated rings. The number of carboxylic acid groups (broad SMARTS) is 1. The normalized spacial score (nSPS) is 24.7. The summed E-state index contributed by atoms with van der Waals surface area (Å²) in [4.78, 5) is 24.5. The maximum atomic E-state index is 11.9. The van der Waals surface area contributed by atoms with E-state index in [0.717, 1.165) is 13.0 Å². The lowest BCUT2D eigenvalue weighted by Gasteiger charge is -2.30. The van der Waals surface area contributed by atoms with Gasteiger partial charge in [0.25, 0.3) is 0 Å². The molecule has 1 amide bonds. The molecule has 1 saturated carbocycles. The number of likely N-dealkylation sites (tertiary alicyclic amines) is 1. The van der Waals surface area contributed by atoms with E-state index < -0.39 is 5.97 Å². The zero-order chi connectivity index (χ0) is 12.3. The van der Waals surface area contributed by atoms with Gasteiger partial charge in [0, 0.05) is 32.1 Å². The molecule has 5 nitrogen and oxygen atoms in total. The third kappa shape index (κ3) is 3.70. The van der Waals surface area contributed by atoms with Gasteiger partial charge in [0.1, 0.15) is 0 Å². The summed E-state index contributed by atoms with van der Waals surface area (Å²) < 4.78 is 0. The van der Waals surface area contributed by atoms with E-state index in [0.29, 0.717) is 32.0 Å². The Morgan fingerprint density at radius 3 is 2.71 bits per heavy atom. The number of amides is 1. The molecule has 5 heteroatoms. The van der Waals surface area contributed by atoms with Gasteiger partial charge in [-0.2, -0.15) is 0 Å². The summed E-state index contributed by atoms with van der Waals surface area (Å²) in [5.41, 5.74) is 0. The zero-order valence-electron chi connectivity index (χ0n) is 10.0. The number of hydrogen-bond donors (Lipinski definition) is 2. The van der Waals surface area contributed by atoms with Crippen molar-refractivity contribution in [1.82, 2.24) is 10.2 Å². The first-order chi connectivity index (χ1) is 8.16. The highest BCUT2D eigenvalue weighted by Crippen LogP contribution is 2.19. The number of carbonyl (C=O) groups is 2. The summed E-state index contributed by atoms with van der Waals surface area (Å²) in [6.07, 6.45) is 4.43. The topological polar surface area (TPSA) is 69.6 Å². The van der Waals surface area contributed by atoms with Crippen molar-refractivity contribution >= 4 is 11.9 Å². The van der Waals surface area contributed by atoms with Crippen molar-refractivity contribution < 1.29 is 14.7 Å². The molecule has 1 saturated heterocycles. The van der Waals surface area contributed by atoms with E-state index >= 15 is 0 Å². The molecule has 2 N–H and O–H groups in total. The first-order valence-electron chi connectivity index (χ1n) is 6.41. The Morgan fingerprint density at radius 2 is 2.06 bits per heavy atom. The third-order valence-electron chi connectivity index (χ3n) is 3.47. The van der Waals surface area contributed by atoms with Crippen molar-refractivity contribution in [3.05, 3.63) is 0 Å². The molecule has 1 atom stereocenters. The Morgan fingerprint density at radius 1 is 1.29 bits per heavy atom. The van der Waals surface area contributed by atoms with Gasteiger partial charge in [-0.1, -0.05) is 0 Å². The highest BCUT2D eigenvalue weighted by Gasteiger charge is 2.28. The molecule has 17 heavy (non-hydrogen) atoms. The summed E-state index contributed by atoms with van der Waals surface area (Å²) in [5, 5.41) is 12.2. The van der Waals surface area contributed by atoms with Crippen molar-refractivity contribution in [2.75, 3.05) is 19.6 Å². The first kappa shape index (κ1) is 12.4. The van der Waals surface area contributed by atoms with E-state index in [1.165, 1.54) is 12.8 Å². The van der Waals surface area contributed by atoms with Gasteiger partial charge in [0.05, 0.1) is 5.92 Å². The summed E-state index contributed by atoms with van der Waals surface area (Å²) in [6.45, 7) is 1.82. The van der Waals surface area contributed by atoms with Gasteiger partial charge in [-0.15, -0.1) is 0 Å². The summed E-state index contributed by atoms with van der Waals surface area (Å²) in [7, 11) is 0. The predicted octanol–water partition coefficient (Wildman–Crippen LogP) is 0.452. The van der Waals surface area contributed by atoms with Crippen molar-refractivity contribution in [1.29, 1.82) is 0 Å². The molecule has 1 aliphatic heterocycles. The smallest absolute Gasteiger partial charge is 0.308 e. The average molecular weight is 240 g/mol. The van der Waals surface area contributed by atoms with Crippen LogP contribution in [0.3, 0.4) is 0 Å². The molecule has 0 unspecified atom stereocenters. The standard InChI is InChI=1S/C12H20N2O3/c15-11(5-6-13-10-3-4-10)14-7-1-2-9(8-14)12(16)17/h9-10,13H,1-8H2,(H,16,17)/t9-/m0/s1. The van der Waals surface area contributed by atoms with Crippen LogP contribution >= 0.6 is 0 Å². The third-order valence-corrected chi connectivity index (χ3v) is 3.47. The van der Waals surface area contributed by atoms with Crippen molar-refractivity contribution in [2.24, 2.45) is 5.92 Å². The second-order valence-electron chi connectivity index (χ2n) is 5.00. The molecular formula is C12H20N2O3. The van der Waals surface area contributed by atoms with Gasteiger partial charge < -0.3 is 15.3 Å². The Kier molecular flexibility index (Phi) is 3.99. The van der Waals surface area contributed by atoms with E-state index in [1.807, 2.05) is 0 Å². The van der Waals surface area contributed by atoms with Crippen LogP contribution in [0.4, 0.5) is 0 Å². The van der Waals surface area contributed by atoms with Crippen LogP contribution in [-0.4, -0.2) is 47.6 Å². The number of carboxylic acids is 1. The molecule has 0 aromatic carbocycles. The van der Waals surface area contributed by atoms with Crippen LogP contribution in [0.25, 0.3) is 0 Å². The van der Waals surface area contributed by atoms with Crippen LogP contribution in [0.1, 0.15) is 32.1 Å². The molecule has 0 spiro atoms. The molecule has 0 radical (unpaired) electrons. The minimum absolute atomic E-state index is 0.0871. The van der Waals surface area contributed by atoms with E-state index in [2.05, 4.69) is 5.32 Å². The summed E-state index contributed by atoms with van der Waals surface area (Å²) >= 11 is 0. The number of nitrogens with zero attached hydrogens (tertiary/aromatic N) is 1. The van der Waals surface area contributed by atoms with Crippen molar-refractivity contribution in [3.8, 4) is 0 Å². The minimum atomic E-state index is -0.779. The molecule has 1 aliphatic carbocycles. The fraction of sp³-hybridized carbons (Fsp3) is 0.833. The van der Waals surface area contributed by atoms with E-state index in [1.54, 1.807) is 4.90 Å². The van der Waals surface area contributed by atoms with Crippen LogP contribution in [0.15, 0.2) is 0 Å². The monoisotopic (exact) mass is 240 g/mol. The largest absolute Gasteiger partial charge is 0.481 e. The lowest BCUT2D eigenvalue weighted by atomic mass is 9.98. The van der Waals surface area contributed by atoms with Gasteiger partial charge in [-0.3, -0.25) is 9.59 Å². The van der Waals surface area contributed by atoms with Gasteiger partial charge in [0.15, 0.2) is 0 Å². The fourth-order valence-corrected chi connectivity index (χ4v) is 2.23. The second-order valence-corrected chi connectivity index (χ2v) is 5.00. The molecule has 2 rings (SSSR count). The van der Waals surface area contributed by atoms with Crippen molar-refractivity contribution in [3.63, 3.8) is 0 Å². The molecule has 1 heterocycles. The Labute approximate surface area is 101 Å². The summed E-state index contributed by atoms with van der Waals surface area (Å²) in [6, 6.07) is 0.621. The summed E-state index contributed by atoms with van der Waals surface area (Å²) in [5.74, 6) is -1.06. The quantitative estimate of drug-likeness (QED) is 0.732. The number of nitrogens with one attached hydrogen (secondary N) is 1. The molecule has 0 aromatic heterocycles. The van der Waals surface area contributed by atoms with Gasteiger partial charge in [-0.05, 0) is 25.7 Å². The molecular weight excluding hydrogens is 220 g/mol.